The van der Waals surface area contributed by atoms with Crippen LogP contribution in [0, 0.1) is 54.8 Å². The van der Waals surface area contributed by atoms with E-state index in [1.165, 1.54) is 13.0 Å². The van der Waals surface area contributed by atoms with Crippen LogP contribution in [0.25, 0.3) is 22.5 Å². The zero-order chi connectivity index (χ0) is 39.3. The molecule has 0 fully saturated rings. The molecular formula is C37H48N8O7. The second kappa shape index (κ2) is 19.0. The molecule has 3 aromatic carbocycles. The number of benzene rings is 3. The molecule has 0 radical (unpaired) electrons. The largest absolute Gasteiger partial charge is 0.398 e. The van der Waals surface area contributed by atoms with E-state index in [4.69, 9.17) is 15.2 Å². The quantitative estimate of drug-likeness (QED) is 0.0471. The van der Waals surface area contributed by atoms with Crippen LogP contribution in [-0.4, -0.2) is 75.2 Å². The summed E-state index contributed by atoms with van der Waals surface area (Å²) in [6.45, 7) is 12.5. The first kappa shape index (κ1) is 42.4. The minimum absolute atomic E-state index is 0.00676. The van der Waals surface area contributed by atoms with Gasteiger partial charge < -0.3 is 15.2 Å². The summed E-state index contributed by atoms with van der Waals surface area (Å²) in [6.07, 6.45) is 0. The van der Waals surface area contributed by atoms with Crippen molar-refractivity contribution in [2.75, 3.05) is 34.0 Å². The molecule has 0 saturated heterocycles. The van der Waals surface area contributed by atoms with Crippen LogP contribution in [0.15, 0.2) is 66.7 Å². The maximum Gasteiger partial charge on any atom is 0.273 e. The fourth-order valence-corrected chi connectivity index (χ4v) is 4.37. The average Bonchev–Trinajstić information content (AvgIpc) is 3.74. The maximum atomic E-state index is 10.9. The fourth-order valence-electron chi connectivity index (χ4n) is 4.37. The normalized spacial score (nSPS) is 10.6. The molecule has 0 bridgehead atoms. The Morgan fingerprint density at radius 1 is 0.731 bits per heavy atom. The number of nitro benzene ring substituents is 2. The van der Waals surface area contributed by atoms with Crippen molar-refractivity contribution in [1.29, 1.82) is 0 Å². The fraction of sp³-hybridized carbons (Fsp3) is 0.324. The van der Waals surface area contributed by atoms with Crippen LogP contribution in [-0.2, 0) is 9.47 Å². The molecule has 0 saturated carbocycles. The molecule has 15 nitrogen and oxygen atoms in total. The third kappa shape index (κ3) is 11.9. The van der Waals surface area contributed by atoms with Gasteiger partial charge in [0, 0.05) is 78.2 Å². The Labute approximate surface area is 303 Å². The molecule has 0 amide bonds. The number of nitrogens with two attached hydrogens (primary N) is 1. The lowest BCUT2D eigenvalue weighted by molar-refractivity contribution is -0.385. The number of H-pyrrole nitrogens is 2. The van der Waals surface area contributed by atoms with Crippen molar-refractivity contribution in [3.05, 3.63) is 121 Å². The van der Waals surface area contributed by atoms with E-state index in [0.29, 0.717) is 16.7 Å². The summed E-state index contributed by atoms with van der Waals surface area (Å²) in [5, 5.41) is 35.2. The lowest BCUT2D eigenvalue weighted by Gasteiger charge is -2.32. The maximum absolute atomic E-state index is 10.9. The molecular weight excluding hydrogens is 668 g/mol. The number of aromatic nitrogens is 4. The predicted octanol–water partition coefficient (Wildman–Crippen LogP) is 7.50. The number of aryl methyl sites for hydroxylation is 5. The van der Waals surface area contributed by atoms with Gasteiger partial charge in [-0.25, -0.2) is 0 Å². The number of rotatable bonds is 8. The minimum Gasteiger partial charge on any atom is -0.398 e. The van der Waals surface area contributed by atoms with Crippen LogP contribution in [0.2, 0.25) is 0 Å². The Morgan fingerprint density at radius 2 is 1.15 bits per heavy atom. The topological polar surface area (TPSA) is 208 Å². The zero-order valence-electron chi connectivity index (χ0n) is 31.5. The first-order valence-electron chi connectivity index (χ1n) is 16.0. The predicted molar refractivity (Wildman–Crippen MR) is 202 cm³/mol. The summed E-state index contributed by atoms with van der Waals surface area (Å²) >= 11 is 0. The lowest BCUT2D eigenvalue weighted by atomic mass is 10.1. The number of carbonyl (C=O) groups is 1. The number of anilines is 1. The van der Waals surface area contributed by atoms with Crippen LogP contribution >= 0.6 is 0 Å². The highest BCUT2D eigenvalue weighted by Gasteiger charge is 2.24. The van der Waals surface area contributed by atoms with E-state index >= 15 is 0 Å². The van der Waals surface area contributed by atoms with Gasteiger partial charge in [-0.1, -0.05) is 36.4 Å². The SMILES string of the molecule is CC(=O)c1ccc(C)c([N+](=O)[O-])c1.COC(C)(OC)N(C)C.Cc1cc(-c2ccc(C)c(N)c2)n[nH]1.Cc1cc(-c2ccc(C)c([N+](=O)[O-])c2)n[nH]1. The molecule has 0 aliphatic carbocycles. The van der Waals surface area contributed by atoms with Crippen LogP contribution in [0.5, 0.6) is 0 Å². The zero-order valence-corrected chi connectivity index (χ0v) is 31.5. The van der Waals surface area contributed by atoms with Crippen molar-refractivity contribution in [3.63, 3.8) is 0 Å². The highest BCUT2D eigenvalue weighted by molar-refractivity contribution is 5.94. The molecule has 4 N–H and O–H groups in total. The Kier molecular flexibility index (Phi) is 15.5. The number of methoxy groups -OCH3 is 2. The van der Waals surface area contributed by atoms with Gasteiger partial charge in [-0.2, -0.15) is 10.2 Å². The van der Waals surface area contributed by atoms with Crippen LogP contribution in [0.3, 0.4) is 0 Å². The van der Waals surface area contributed by atoms with Gasteiger partial charge in [-0.05, 0) is 79.4 Å². The number of nitrogen functional groups attached to an aromatic ring is 1. The summed E-state index contributed by atoms with van der Waals surface area (Å²) in [4.78, 5) is 33.2. The Bertz CT molecular complexity index is 1980. The molecule has 2 aromatic heterocycles. The van der Waals surface area contributed by atoms with Gasteiger partial charge in [-0.3, -0.25) is 40.1 Å². The highest BCUT2D eigenvalue weighted by Crippen LogP contribution is 2.26. The van der Waals surface area contributed by atoms with Crippen molar-refractivity contribution < 1.29 is 24.1 Å². The number of hydrogen-bond acceptors (Lipinski definition) is 11. The summed E-state index contributed by atoms with van der Waals surface area (Å²) in [6, 6.07) is 19.4. The van der Waals surface area contributed by atoms with Crippen LogP contribution in [0.4, 0.5) is 17.1 Å². The van der Waals surface area contributed by atoms with Crippen molar-refractivity contribution in [1.82, 2.24) is 25.3 Å². The Morgan fingerprint density at radius 3 is 1.50 bits per heavy atom. The van der Waals surface area contributed by atoms with Gasteiger partial charge in [0.05, 0.1) is 21.2 Å². The first-order valence-corrected chi connectivity index (χ1v) is 16.0. The molecule has 0 unspecified atom stereocenters. The summed E-state index contributed by atoms with van der Waals surface area (Å²) < 4.78 is 10.1. The molecule has 2 heterocycles. The van der Waals surface area contributed by atoms with E-state index in [1.807, 2.05) is 83.1 Å². The minimum atomic E-state index is -0.583. The van der Waals surface area contributed by atoms with E-state index in [-0.39, 0.29) is 22.1 Å². The second-order valence-corrected chi connectivity index (χ2v) is 12.2. The molecule has 52 heavy (non-hydrogen) atoms. The summed E-state index contributed by atoms with van der Waals surface area (Å²) in [5.74, 6) is -0.747. The molecule has 0 aliphatic rings. The van der Waals surface area contributed by atoms with Gasteiger partial charge in [-0.15, -0.1) is 0 Å². The number of Topliss-reactive ketones (excluding diaryl/α,β-unsaturated/α-hetero) is 1. The molecule has 0 spiro atoms. The molecule has 15 heteroatoms. The second-order valence-electron chi connectivity index (χ2n) is 12.2. The molecule has 0 aliphatic heterocycles. The van der Waals surface area contributed by atoms with Crippen molar-refractivity contribution in [3.8, 4) is 22.5 Å². The number of hydrogen-bond donors (Lipinski definition) is 3. The number of carbonyl (C=O) groups excluding carboxylic acids is 1. The van der Waals surface area contributed by atoms with Crippen molar-refractivity contribution in [2.24, 2.45) is 0 Å². The Hall–Kier alpha value is -5.77. The van der Waals surface area contributed by atoms with E-state index < -0.39 is 10.8 Å². The van der Waals surface area contributed by atoms with Crippen molar-refractivity contribution >= 4 is 22.8 Å². The van der Waals surface area contributed by atoms with Gasteiger partial charge in [0.1, 0.15) is 0 Å². The van der Waals surface area contributed by atoms with Gasteiger partial charge in [0.15, 0.2) is 5.78 Å². The van der Waals surface area contributed by atoms with E-state index in [2.05, 4.69) is 20.4 Å². The molecule has 0 atom stereocenters. The summed E-state index contributed by atoms with van der Waals surface area (Å²) in [7, 11) is 7.02. The molecule has 5 rings (SSSR count). The van der Waals surface area contributed by atoms with Gasteiger partial charge in [0.25, 0.3) is 11.4 Å². The number of aromatic amines is 2. The van der Waals surface area contributed by atoms with Crippen LogP contribution < -0.4 is 5.73 Å². The average molecular weight is 717 g/mol. The van der Waals surface area contributed by atoms with Crippen molar-refractivity contribution in [2.45, 2.75) is 54.4 Å². The summed E-state index contributed by atoms with van der Waals surface area (Å²) in [5.41, 5.74) is 14.9. The van der Waals surface area contributed by atoms with Gasteiger partial charge >= 0.3 is 0 Å². The number of nitro groups is 2. The number of nitrogens with zero attached hydrogens (tertiary/aromatic N) is 5. The smallest absolute Gasteiger partial charge is 0.273 e. The highest BCUT2D eigenvalue weighted by atomic mass is 16.7. The standard InChI is InChI=1S/C11H11N3O2.C11H13N3.C9H9NO3.C6H15NO2/c1-7-3-4-9(6-11(7)14(15)16)10-5-8(2)12-13-10;1-7-3-4-9(6-10(7)12)11-5-8(2)13-14-11;1-6-3-4-8(7(2)11)5-9(6)10(12)13;1-6(8-4,9-5)7(2)3/h3-6H,1-2H3,(H,12,13);3-6H,12H2,1-2H3,(H,13,14);3-5H,1-2H3;1-5H3. The number of ketones is 1. The monoisotopic (exact) mass is 716 g/mol. The molecule has 278 valence electrons. The van der Waals surface area contributed by atoms with E-state index in [1.54, 1.807) is 52.3 Å². The number of ether oxygens (including phenoxy) is 2. The molecule has 5 aromatic rings. The lowest BCUT2D eigenvalue weighted by Crippen LogP contribution is -2.44. The first-order chi connectivity index (χ1) is 24.3. The Balaban J connectivity index is 0.000000245. The van der Waals surface area contributed by atoms with E-state index in [0.717, 1.165) is 45.2 Å². The van der Waals surface area contributed by atoms with Crippen LogP contribution in [0.1, 0.15) is 52.3 Å². The number of nitrogens with one attached hydrogen (secondary N) is 2. The third-order valence-corrected chi connectivity index (χ3v) is 8.07. The van der Waals surface area contributed by atoms with E-state index in [9.17, 15) is 25.0 Å². The van der Waals surface area contributed by atoms with Gasteiger partial charge in [0.2, 0.25) is 5.91 Å². The third-order valence-electron chi connectivity index (χ3n) is 8.07.